The van der Waals surface area contributed by atoms with Gasteiger partial charge < -0.3 is 10.4 Å². The van der Waals surface area contributed by atoms with Gasteiger partial charge in [0.1, 0.15) is 6.61 Å². The van der Waals surface area contributed by atoms with E-state index in [9.17, 15) is 4.79 Å². The number of aliphatic hydroxyl groups is 1. The first kappa shape index (κ1) is 15.6. The summed E-state index contributed by atoms with van der Waals surface area (Å²) in [5, 5.41) is 11.7. The van der Waals surface area contributed by atoms with Crippen LogP contribution < -0.4 is 5.32 Å². The minimum Gasteiger partial charge on any atom is -0.384 e. The zero-order valence-electron chi connectivity index (χ0n) is 12.6. The Morgan fingerprint density at radius 1 is 1.24 bits per heavy atom. The van der Waals surface area contributed by atoms with E-state index in [0.717, 1.165) is 18.0 Å². The van der Waals surface area contributed by atoms with Gasteiger partial charge in [-0.2, -0.15) is 0 Å². The van der Waals surface area contributed by atoms with E-state index in [1.165, 1.54) is 25.7 Å². The Bertz CT molecular complexity index is 516. The summed E-state index contributed by atoms with van der Waals surface area (Å²) < 4.78 is 0. The number of nitrogens with one attached hydrogen (secondary N) is 1. The maximum absolute atomic E-state index is 12.1. The lowest BCUT2D eigenvalue weighted by Crippen LogP contribution is -2.31. The molecule has 2 rings (SSSR count). The summed E-state index contributed by atoms with van der Waals surface area (Å²) in [7, 11) is 0. The largest absolute Gasteiger partial charge is 0.384 e. The van der Waals surface area contributed by atoms with Gasteiger partial charge in [0.2, 0.25) is 0 Å². The van der Waals surface area contributed by atoms with Gasteiger partial charge in [-0.1, -0.05) is 31.6 Å². The highest BCUT2D eigenvalue weighted by atomic mass is 16.2. The number of hydrogen-bond acceptors (Lipinski definition) is 2. The number of carbonyl (C=O) groups excluding carboxylic acids is 1. The summed E-state index contributed by atoms with van der Waals surface area (Å²) in [6, 6.07) is 7.17. The minimum absolute atomic E-state index is 0.0183. The molecular formula is C18H23NO2. The van der Waals surface area contributed by atoms with E-state index < -0.39 is 0 Å². The Morgan fingerprint density at radius 3 is 2.52 bits per heavy atom. The van der Waals surface area contributed by atoms with Crippen LogP contribution in [0.15, 0.2) is 24.3 Å². The van der Waals surface area contributed by atoms with E-state index in [4.69, 9.17) is 5.11 Å². The summed E-state index contributed by atoms with van der Waals surface area (Å²) in [6.07, 6.45) is 4.99. The zero-order valence-corrected chi connectivity index (χ0v) is 12.6. The molecule has 0 aliphatic heterocycles. The molecule has 1 aromatic carbocycles. The van der Waals surface area contributed by atoms with Gasteiger partial charge in [0, 0.05) is 17.7 Å². The molecule has 112 valence electrons. The molecule has 0 radical (unpaired) electrons. The molecule has 0 unspecified atom stereocenters. The third kappa shape index (κ3) is 4.91. The van der Waals surface area contributed by atoms with Crippen molar-refractivity contribution in [2.24, 2.45) is 11.8 Å². The summed E-state index contributed by atoms with van der Waals surface area (Å²) in [5.74, 6) is 6.85. The van der Waals surface area contributed by atoms with Crippen molar-refractivity contribution in [3.8, 4) is 11.8 Å². The highest BCUT2D eigenvalue weighted by Crippen LogP contribution is 2.27. The lowest BCUT2D eigenvalue weighted by Gasteiger charge is -2.26. The van der Waals surface area contributed by atoms with Crippen molar-refractivity contribution in [2.45, 2.75) is 32.6 Å². The van der Waals surface area contributed by atoms with Crippen molar-refractivity contribution in [1.29, 1.82) is 0 Å². The Balaban J connectivity index is 1.83. The van der Waals surface area contributed by atoms with Gasteiger partial charge in [-0.25, -0.2) is 0 Å². The van der Waals surface area contributed by atoms with Crippen LogP contribution in [0.2, 0.25) is 0 Å². The second-order valence-corrected chi connectivity index (χ2v) is 5.87. The summed E-state index contributed by atoms with van der Waals surface area (Å²) in [4.78, 5) is 12.1. The molecule has 21 heavy (non-hydrogen) atoms. The van der Waals surface area contributed by atoms with Crippen LogP contribution in [0.1, 0.15) is 48.5 Å². The van der Waals surface area contributed by atoms with Crippen molar-refractivity contribution < 1.29 is 9.90 Å². The topological polar surface area (TPSA) is 49.3 Å². The predicted octanol–water partition coefficient (Wildman–Crippen LogP) is 2.59. The number of carbonyl (C=O) groups is 1. The fraction of sp³-hybridized carbons (Fsp3) is 0.500. The second-order valence-electron chi connectivity index (χ2n) is 5.87. The third-order valence-corrected chi connectivity index (χ3v) is 4.15. The van der Waals surface area contributed by atoms with Gasteiger partial charge in [0.15, 0.2) is 0 Å². The minimum atomic E-state index is -0.151. The predicted molar refractivity (Wildman–Crippen MR) is 83.9 cm³/mol. The smallest absolute Gasteiger partial charge is 0.251 e. The summed E-state index contributed by atoms with van der Waals surface area (Å²) >= 11 is 0. The Labute approximate surface area is 126 Å². The fourth-order valence-corrected chi connectivity index (χ4v) is 2.72. The second kappa shape index (κ2) is 7.85. The van der Waals surface area contributed by atoms with Gasteiger partial charge in [-0.05, 0) is 48.9 Å². The van der Waals surface area contributed by atoms with Crippen molar-refractivity contribution in [2.75, 3.05) is 13.2 Å². The molecular weight excluding hydrogens is 262 g/mol. The molecule has 1 saturated carbocycles. The van der Waals surface area contributed by atoms with Crippen LogP contribution in [0, 0.1) is 23.7 Å². The lowest BCUT2D eigenvalue weighted by molar-refractivity contribution is 0.0942. The van der Waals surface area contributed by atoms with Crippen LogP contribution >= 0.6 is 0 Å². The van der Waals surface area contributed by atoms with Crippen LogP contribution in [0.4, 0.5) is 0 Å². The lowest BCUT2D eigenvalue weighted by atomic mass is 9.83. The zero-order chi connectivity index (χ0) is 15.1. The molecule has 3 heteroatoms. The fourth-order valence-electron chi connectivity index (χ4n) is 2.72. The molecule has 2 N–H and O–H groups in total. The first-order valence-electron chi connectivity index (χ1n) is 7.67. The normalized spacial score (nSPS) is 21.2. The number of amides is 1. The Hall–Kier alpha value is -1.79. The molecule has 0 atom stereocenters. The van der Waals surface area contributed by atoms with Gasteiger partial charge in [-0.3, -0.25) is 4.79 Å². The van der Waals surface area contributed by atoms with Crippen LogP contribution in [-0.4, -0.2) is 24.2 Å². The van der Waals surface area contributed by atoms with Crippen molar-refractivity contribution >= 4 is 5.91 Å². The van der Waals surface area contributed by atoms with E-state index in [1.807, 2.05) is 0 Å². The number of aliphatic hydroxyl groups excluding tert-OH is 1. The molecule has 1 amide bonds. The average Bonchev–Trinajstić information content (AvgIpc) is 2.52. The average molecular weight is 285 g/mol. The highest BCUT2D eigenvalue weighted by molar-refractivity contribution is 5.94. The maximum atomic E-state index is 12.1. The van der Waals surface area contributed by atoms with Gasteiger partial charge in [0.25, 0.3) is 5.91 Å². The molecule has 1 aliphatic carbocycles. The maximum Gasteiger partial charge on any atom is 0.251 e. The van der Waals surface area contributed by atoms with Crippen molar-refractivity contribution in [1.82, 2.24) is 5.32 Å². The molecule has 1 aliphatic rings. The van der Waals surface area contributed by atoms with Gasteiger partial charge >= 0.3 is 0 Å². The van der Waals surface area contributed by atoms with Crippen molar-refractivity contribution in [3.63, 3.8) is 0 Å². The standard InChI is InChI=1S/C18H23NO2/c1-14-4-6-16(7-5-14)13-19-18(21)17-10-8-15(9-11-17)3-2-12-20/h8-11,14,16,20H,4-7,12-13H2,1H3,(H,19,21). The van der Waals surface area contributed by atoms with Gasteiger partial charge in [-0.15, -0.1) is 0 Å². The highest BCUT2D eigenvalue weighted by Gasteiger charge is 2.18. The monoisotopic (exact) mass is 285 g/mol. The first-order valence-corrected chi connectivity index (χ1v) is 7.67. The molecule has 0 saturated heterocycles. The summed E-state index contributed by atoms with van der Waals surface area (Å²) in [6.45, 7) is 2.93. The Kier molecular flexibility index (Phi) is 5.83. The van der Waals surface area contributed by atoms with Gasteiger partial charge in [0.05, 0.1) is 0 Å². The van der Waals surface area contributed by atoms with Crippen LogP contribution in [0.5, 0.6) is 0 Å². The molecule has 0 aromatic heterocycles. The Morgan fingerprint density at radius 2 is 1.90 bits per heavy atom. The van der Waals surface area contributed by atoms with Crippen LogP contribution in [0.3, 0.4) is 0 Å². The van der Waals surface area contributed by atoms with E-state index >= 15 is 0 Å². The molecule has 0 spiro atoms. The molecule has 1 aromatic rings. The van der Waals surface area contributed by atoms with Crippen LogP contribution in [-0.2, 0) is 0 Å². The number of hydrogen-bond donors (Lipinski definition) is 2. The summed E-state index contributed by atoms with van der Waals surface area (Å²) in [5.41, 5.74) is 1.47. The van der Waals surface area contributed by atoms with Crippen molar-refractivity contribution in [3.05, 3.63) is 35.4 Å². The van der Waals surface area contributed by atoms with E-state index in [0.29, 0.717) is 11.5 Å². The molecule has 1 fully saturated rings. The molecule has 0 heterocycles. The number of rotatable bonds is 3. The third-order valence-electron chi connectivity index (χ3n) is 4.15. The van der Waals surface area contributed by atoms with E-state index in [-0.39, 0.29) is 12.5 Å². The van der Waals surface area contributed by atoms with E-state index in [2.05, 4.69) is 24.1 Å². The quantitative estimate of drug-likeness (QED) is 0.839. The molecule has 3 nitrogen and oxygen atoms in total. The van der Waals surface area contributed by atoms with Crippen LogP contribution in [0.25, 0.3) is 0 Å². The first-order chi connectivity index (χ1) is 10.2. The SMILES string of the molecule is CC1CCC(CNC(=O)c2ccc(C#CCO)cc2)CC1. The number of benzene rings is 1. The van der Waals surface area contributed by atoms with E-state index in [1.54, 1.807) is 24.3 Å². The molecule has 0 bridgehead atoms.